The van der Waals surface area contributed by atoms with Crippen molar-refractivity contribution in [2.75, 3.05) is 37.4 Å². The molecule has 1 fully saturated rings. The third-order valence-corrected chi connectivity index (χ3v) is 6.41. The van der Waals surface area contributed by atoms with E-state index < -0.39 is 11.7 Å². The molecule has 1 aromatic heterocycles. The summed E-state index contributed by atoms with van der Waals surface area (Å²) < 4.78 is 40.1. The van der Waals surface area contributed by atoms with Crippen LogP contribution in [0.5, 0.6) is 0 Å². The van der Waals surface area contributed by atoms with Crippen molar-refractivity contribution in [1.82, 2.24) is 15.1 Å². The second-order valence-electron chi connectivity index (χ2n) is 8.77. The molecule has 1 atom stereocenters. The fourth-order valence-corrected chi connectivity index (χ4v) is 4.28. The summed E-state index contributed by atoms with van der Waals surface area (Å²) in [7, 11) is 4.17. The van der Waals surface area contributed by atoms with Crippen LogP contribution >= 0.6 is 0 Å². The number of hydrogen-bond donors (Lipinski definition) is 1. The summed E-state index contributed by atoms with van der Waals surface area (Å²) in [6.45, 7) is 7.18. The molecule has 0 saturated carbocycles. The van der Waals surface area contributed by atoms with E-state index in [2.05, 4.69) is 51.5 Å². The Morgan fingerprint density at radius 1 is 1.06 bits per heavy atom. The number of alkyl halides is 3. The van der Waals surface area contributed by atoms with E-state index in [4.69, 9.17) is 0 Å². The Kier molecular flexibility index (Phi) is 5.75. The molecule has 0 amide bonds. The summed E-state index contributed by atoms with van der Waals surface area (Å²) in [5.41, 5.74) is 2.12. The zero-order valence-corrected chi connectivity index (χ0v) is 19.0. The molecule has 1 aliphatic rings. The molecule has 32 heavy (non-hydrogen) atoms. The molecule has 0 spiro atoms. The van der Waals surface area contributed by atoms with Crippen molar-refractivity contribution in [2.24, 2.45) is 0 Å². The van der Waals surface area contributed by atoms with Crippen LogP contribution in [-0.4, -0.2) is 48.3 Å². The van der Waals surface area contributed by atoms with Gasteiger partial charge in [0, 0.05) is 35.6 Å². The molecule has 1 N–H and O–H groups in total. The van der Waals surface area contributed by atoms with E-state index in [1.54, 1.807) is 6.07 Å². The molecular formula is C24H28F3N5. The Bertz CT molecular complexity index is 1140. The number of anilines is 2. The summed E-state index contributed by atoms with van der Waals surface area (Å²) in [6, 6.07) is 10.7. The molecule has 3 aromatic rings. The van der Waals surface area contributed by atoms with Crippen molar-refractivity contribution < 1.29 is 13.2 Å². The number of aromatic nitrogens is 2. The number of likely N-dealkylation sites (N-methyl/N-ethyl adjacent to an activating group) is 1. The molecule has 2 aromatic carbocycles. The maximum atomic E-state index is 13.4. The maximum Gasteiger partial charge on any atom is 0.416 e. The zero-order valence-electron chi connectivity index (χ0n) is 19.0. The van der Waals surface area contributed by atoms with Gasteiger partial charge >= 0.3 is 6.18 Å². The number of aryl methyl sites for hydroxylation is 1. The van der Waals surface area contributed by atoms with E-state index in [-0.39, 0.29) is 11.6 Å². The van der Waals surface area contributed by atoms with Crippen molar-refractivity contribution in [3.05, 3.63) is 58.8 Å². The van der Waals surface area contributed by atoms with Gasteiger partial charge in [0.25, 0.3) is 0 Å². The highest BCUT2D eigenvalue weighted by molar-refractivity contribution is 5.95. The lowest BCUT2D eigenvalue weighted by Gasteiger charge is -2.44. The SMILES string of the molecule is Cc1c([C@@H](C)Nc2nnc(C)c3ccc(N4CC(N(C)C)C4)cc23)cccc1C(F)(F)F. The van der Waals surface area contributed by atoms with Crippen LogP contribution in [0.3, 0.4) is 0 Å². The molecule has 1 aliphatic heterocycles. The van der Waals surface area contributed by atoms with Gasteiger partial charge in [-0.1, -0.05) is 18.2 Å². The van der Waals surface area contributed by atoms with Crippen molar-refractivity contribution >= 4 is 22.3 Å². The second-order valence-corrected chi connectivity index (χ2v) is 8.77. The van der Waals surface area contributed by atoms with Crippen molar-refractivity contribution in [3.63, 3.8) is 0 Å². The fourth-order valence-electron chi connectivity index (χ4n) is 4.28. The van der Waals surface area contributed by atoms with Gasteiger partial charge < -0.3 is 15.1 Å². The van der Waals surface area contributed by atoms with E-state index in [0.29, 0.717) is 17.4 Å². The van der Waals surface area contributed by atoms with Gasteiger partial charge in [0.1, 0.15) is 0 Å². The molecule has 2 heterocycles. The van der Waals surface area contributed by atoms with Crippen LogP contribution in [0.2, 0.25) is 0 Å². The predicted molar refractivity (Wildman–Crippen MR) is 122 cm³/mol. The Morgan fingerprint density at radius 2 is 1.78 bits per heavy atom. The van der Waals surface area contributed by atoms with Gasteiger partial charge in [0.15, 0.2) is 5.82 Å². The third kappa shape index (κ3) is 4.11. The minimum Gasteiger partial charge on any atom is -0.368 e. The van der Waals surface area contributed by atoms with E-state index in [1.807, 2.05) is 19.9 Å². The number of rotatable bonds is 5. The lowest BCUT2D eigenvalue weighted by atomic mass is 9.97. The summed E-state index contributed by atoms with van der Waals surface area (Å²) in [4.78, 5) is 4.53. The molecule has 4 rings (SSSR count). The summed E-state index contributed by atoms with van der Waals surface area (Å²) in [5.74, 6) is 0.571. The average molecular weight is 444 g/mol. The Labute approximate surface area is 186 Å². The minimum absolute atomic E-state index is 0.223. The topological polar surface area (TPSA) is 44.3 Å². The van der Waals surface area contributed by atoms with E-state index >= 15 is 0 Å². The van der Waals surface area contributed by atoms with Gasteiger partial charge in [-0.15, -0.1) is 5.10 Å². The Hall–Kier alpha value is -2.87. The quantitative estimate of drug-likeness (QED) is 0.588. The lowest BCUT2D eigenvalue weighted by Crippen LogP contribution is -2.57. The number of halogens is 3. The first-order valence-electron chi connectivity index (χ1n) is 10.7. The molecule has 0 unspecified atom stereocenters. The molecule has 0 radical (unpaired) electrons. The fraction of sp³-hybridized carbons (Fsp3) is 0.417. The molecular weight excluding hydrogens is 415 g/mol. The van der Waals surface area contributed by atoms with Gasteiger partial charge in [-0.3, -0.25) is 0 Å². The van der Waals surface area contributed by atoms with Crippen LogP contribution in [0.4, 0.5) is 24.7 Å². The predicted octanol–water partition coefficient (Wildman–Crippen LogP) is 5.19. The Morgan fingerprint density at radius 3 is 2.44 bits per heavy atom. The highest BCUT2D eigenvalue weighted by Crippen LogP contribution is 2.36. The number of nitrogens with one attached hydrogen (secondary N) is 1. The van der Waals surface area contributed by atoms with Crippen LogP contribution in [0.1, 0.15) is 35.3 Å². The number of fused-ring (bicyclic) bond motifs is 1. The van der Waals surface area contributed by atoms with Crippen molar-refractivity contribution in [3.8, 4) is 0 Å². The van der Waals surface area contributed by atoms with Gasteiger partial charge in [0.2, 0.25) is 0 Å². The first-order chi connectivity index (χ1) is 15.1. The van der Waals surface area contributed by atoms with E-state index in [0.717, 1.165) is 41.3 Å². The summed E-state index contributed by atoms with van der Waals surface area (Å²) >= 11 is 0. The number of nitrogens with zero attached hydrogens (tertiary/aromatic N) is 4. The first kappa shape index (κ1) is 22.3. The van der Waals surface area contributed by atoms with Gasteiger partial charge in [-0.05, 0) is 64.2 Å². The average Bonchev–Trinajstić information content (AvgIpc) is 2.68. The molecule has 0 bridgehead atoms. The first-order valence-corrected chi connectivity index (χ1v) is 10.7. The molecule has 0 aliphatic carbocycles. The van der Waals surface area contributed by atoms with Crippen LogP contribution in [0.15, 0.2) is 36.4 Å². The van der Waals surface area contributed by atoms with Crippen LogP contribution in [0, 0.1) is 13.8 Å². The Balaban J connectivity index is 1.66. The van der Waals surface area contributed by atoms with Gasteiger partial charge in [0.05, 0.1) is 17.3 Å². The summed E-state index contributed by atoms with van der Waals surface area (Å²) in [6.07, 6.45) is -4.38. The van der Waals surface area contributed by atoms with Crippen molar-refractivity contribution in [2.45, 2.75) is 39.0 Å². The maximum absolute atomic E-state index is 13.4. The third-order valence-electron chi connectivity index (χ3n) is 6.41. The number of hydrogen-bond acceptors (Lipinski definition) is 5. The second kappa shape index (κ2) is 8.24. The highest BCUT2D eigenvalue weighted by Gasteiger charge is 2.33. The standard InChI is InChI=1S/C24H28F3N5/c1-14-19(7-6-8-22(14)24(25,26)27)15(2)28-23-21-11-17(32-12-18(13-32)31(4)5)9-10-20(21)16(3)29-30-23/h6-11,15,18H,12-13H2,1-5H3,(H,28,30)/t15-/m1/s1. The van der Waals surface area contributed by atoms with Gasteiger partial charge in [-0.2, -0.15) is 18.3 Å². The van der Waals surface area contributed by atoms with Crippen LogP contribution in [0.25, 0.3) is 10.8 Å². The molecule has 5 nitrogen and oxygen atoms in total. The monoisotopic (exact) mass is 443 g/mol. The summed E-state index contributed by atoms with van der Waals surface area (Å²) in [5, 5.41) is 13.8. The smallest absolute Gasteiger partial charge is 0.368 e. The van der Waals surface area contributed by atoms with Crippen LogP contribution < -0.4 is 10.2 Å². The molecule has 8 heteroatoms. The lowest BCUT2D eigenvalue weighted by molar-refractivity contribution is -0.138. The van der Waals surface area contributed by atoms with Crippen molar-refractivity contribution in [1.29, 1.82) is 0 Å². The van der Waals surface area contributed by atoms with Crippen LogP contribution in [-0.2, 0) is 6.18 Å². The van der Waals surface area contributed by atoms with E-state index in [1.165, 1.54) is 13.0 Å². The zero-order chi connectivity index (χ0) is 23.2. The number of benzene rings is 2. The van der Waals surface area contributed by atoms with E-state index in [9.17, 15) is 13.2 Å². The molecule has 170 valence electrons. The highest BCUT2D eigenvalue weighted by atomic mass is 19.4. The minimum atomic E-state index is -4.38. The normalized spacial score (nSPS) is 15.8. The largest absolute Gasteiger partial charge is 0.416 e. The van der Waals surface area contributed by atoms with Gasteiger partial charge in [-0.25, -0.2) is 0 Å². The molecule has 1 saturated heterocycles.